The highest BCUT2D eigenvalue weighted by atomic mass is 16.5. The van der Waals surface area contributed by atoms with E-state index in [1.807, 2.05) is 0 Å². The highest BCUT2D eigenvalue weighted by molar-refractivity contribution is 5.79. The van der Waals surface area contributed by atoms with E-state index in [-0.39, 0.29) is 0 Å². The largest absolute Gasteiger partial charge is 0.378 e. The van der Waals surface area contributed by atoms with Crippen molar-refractivity contribution in [2.24, 2.45) is 34.5 Å². The molecule has 0 aromatic heterocycles. The van der Waals surface area contributed by atoms with Crippen molar-refractivity contribution in [3.63, 3.8) is 0 Å². The van der Waals surface area contributed by atoms with E-state index in [9.17, 15) is 9.59 Å². The van der Waals surface area contributed by atoms with E-state index in [2.05, 4.69) is 13.8 Å². The Morgan fingerprint density at radius 2 is 1.79 bits per heavy atom. The van der Waals surface area contributed by atoms with Gasteiger partial charge in [-0.25, -0.2) is 0 Å². The third-order valence-corrected chi connectivity index (χ3v) is 9.68. The Hall–Kier alpha value is -0.700. The molecular weight excluding hydrogens is 348 g/mol. The highest BCUT2D eigenvalue weighted by Gasteiger charge is 2.60. The molecule has 0 spiro atoms. The Morgan fingerprint density at radius 3 is 2.61 bits per heavy atom. The van der Waals surface area contributed by atoms with Gasteiger partial charge < -0.3 is 9.53 Å². The Balaban J connectivity index is 1.38. The minimum absolute atomic E-state index is 0.359. The van der Waals surface area contributed by atoms with Crippen LogP contribution in [0.3, 0.4) is 0 Å². The summed E-state index contributed by atoms with van der Waals surface area (Å²) < 4.78 is 6.45. The Bertz CT molecular complexity index is 586. The standard InChI is InChI=1S/C25H40O3/c1-24-13-11-19(27)17-18(24)7-8-20-21-9-10-23(25(21,2)14-12-22(20)24)28-16-6-4-3-5-15-26/h15,18,20-23H,3-14,16-17H2,1-2H3/t18-,20?,21?,22-,23-,24-,25-/m0/s1. The molecule has 3 nitrogen and oxygen atoms in total. The van der Waals surface area contributed by atoms with Gasteiger partial charge in [-0.1, -0.05) is 20.3 Å². The van der Waals surface area contributed by atoms with Gasteiger partial charge in [-0.2, -0.15) is 0 Å². The van der Waals surface area contributed by atoms with Crippen LogP contribution in [0.2, 0.25) is 0 Å². The minimum atomic E-state index is 0.359. The molecule has 4 fully saturated rings. The van der Waals surface area contributed by atoms with Crippen LogP contribution in [0.4, 0.5) is 0 Å². The molecule has 0 saturated heterocycles. The summed E-state index contributed by atoms with van der Waals surface area (Å²) in [5.41, 5.74) is 0.771. The van der Waals surface area contributed by atoms with Gasteiger partial charge in [0, 0.05) is 25.9 Å². The van der Waals surface area contributed by atoms with Gasteiger partial charge in [-0.3, -0.25) is 4.79 Å². The number of unbranched alkanes of at least 4 members (excludes halogenated alkanes) is 3. The first-order valence-electron chi connectivity index (χ1n) is 12.1. The SMILES string of the molecule is C[C@]12CCC(=O)C[C@@H]1CCC1C3CC[C@H](OCCCCCC=O)[C@@]3(C)CC[C@@H]12. The van der Waals surface area contributed by atoms with Crippen molar-refractivity contribution < 1.29 is 14.3 Å². The van der Waals surface area contributed by atoms with Crippen molar-refractivity contribution in [1.82, 2.24) is 0 Å². The molecule has 0 heterocycles. The zero-order chi connectivity index (χ0) is 19.8. The van der Waals surface area contributed by atoms with E-state index >= 15 is 0 Å². The lowest BCUT2D eigenvalue weighted by Crippen LogP contribution is -2.54. The molecule has 4 aliphatic carbocycles. The van der Waals surface area contributed by atoms with Crippen LogP contribution in [0.5, 0.6) is 0 Å². The van der Waals surface area contributed by atoms with E-state index in [0.717, 1.165) is 69.2 Å². The molecule has 0 aromatic carbocycles. The van der Waals surface area contributed by atoms with Crippen LogP contribution < -0.4 is 0 Å². The second-order valence-corrected chi connectivity index (χ2v) is 10.9. The fourth-order valence-electron chi connectivity index (χ4n) is 8.00. The lowest BCUT2D eigenvalue weighted by molar-refractivity contribution is -0.145. The maximum atomic E-state index is 12.0. The predicted octanol–water partition coefficient (Wildman–Crippen LogP) is 5.74. The number of Topliss-reactive ketones (excluding diaryl/α,β-unsaturated/α-hetero) is 1. The lowest BCUT2D eigenvalue weighted by Gasteiger charge is -2.60. The topological polar surface area (TPSA) is 43.4 Å². The molecule has 158 valence electrons. The first-order chi connectivity index (χ1) is 13.5. The van der Waals surface area contributed by atoms with Crippen LogP contribution in [0.15, 0.2) is 0 Å². The van der Waals surface area contributed by atoms with Crippen LogP contribution in [-0.4, -0.2) is 24.8 Å². The summed E-state index contributed by atoms with van der Waals surface area (Å²) in [6.45, 7) is 5.92. The molecule has 4 rings (SSSR count). The maximum absolute atomic E-state index is 12.0. The molecule has 28 heavy (non-hydrogen) atoms. The molecule has 4 aliphatic rings. The van der Waals surface area contributed by atoms with Crippen molar-refractivity contribution in [2.45, 2.75) is 103 Å². The number of rotatable bonds is 7. The van der Waals surface area contributed by atoms with E-state index in [0.29, 0.717) is 35.1 Å². The quantitative estimate of drug-likeness (QED) is 0.412. The van der Waals surface area contributed by atoms with Gasteiger partial charge in [0.2, 0.25) is 0 Å². The number of carbonyl (C=O) groups is 2. The Kier molecular flexibility index (Phi) is 6.03. The van der Waals surface area contributed by atoms with E-state index in [1.165, 1.54) is 38.5 Å². The van der Waals surface area contributed by atoms with Crippen LogP contribution in [0.25, 0.3) is 0 Å². The summed E-state index contributed by atoms with van der Waals surface area (Å²) in [4.78, 5) is 22.5. The number of ether oxygens (including phenoxy) is 1. The Labute approximate surface area is 171 Å². The molecule has 2 unspecified atom stereocenters. The van der Waals surface area contributed by atoms with E-state index < -0.39 is 0 Å². The number of aldehydes is 1. The summed E-state index contributed by atoms with van der Waals surface area (Å²) >= 11 is 0. The molecule has 0 N–H and O–H groups in total. The van der Waals surface area contributed by atoms with Gasteiger partial charge in [0.15, 0.2) is 0 Å². The molecule has 0 aliphatic heterocycles. The minimum Gasteiger partial charge on any atom is -0.378 e. The first kappa shape index (κ1) is 20.6. The van der Waals surface area contributed by atoms with Gasteiger partial charge in [0.25, 0.3) is 0 Å². The van der Waals surface area contributed by atoms with Crippen LogP contribution >= 0.6 is 0 Å². The van der Waals surface area contributed by atoms with E-state index in [1.54, 1.807) is 0 Å². The zero-order valence-corrected chi connectivity index (χ0v) is 18.1. The highest BCUT2D eigenvalue weighted by Crippen LogP contribution is 2.66. The van der Waals surface area contributed by atoms with Crippen LogP contribution in [-0.2, 0) is 14.3 Å². The molecule has 7 atom stereocenters. The number of ketones is 1. The molecule has 0 amide bonds. The average Bonchev–Trinajstić information content (AvgIpc) is 3.01. The lowest BCUT2D eigenvalue weighted by atomic mass is 9.45. The number of hydrogen-bond donors (Lipinski definition) is 0. The molecule has 0 radical (unpaired) electrons. The molecule has 0 bridgehead atoms. The summed E-state index contributed by atoms with van der Waals surface area (Å²) in [6, 6.07) is 0. The van der Waals surface area contributed by atoms with Gasteiger partial charge in [0.1, 0.15) is 12.1 Å². The third-order valence-electron chi connectivity index (χ3n) is 9.68. The van der Waals surface area contributed by atoms with Crippen molar-refractivity contribution in [3.8, 4) is 0 Å². The van der Waals surface area contributed by atoms with Crippen LogP contribution in [0.1, 0.15) is 97.3 Å². The van der Waals surface area contributed by atoms with Crippen molar-refractivity contribution in [2.75, 3.05) is 6.61 Å². The molecular formula is C25H40O3. The average molecular weight is 389 g/mol. The monoisotopic (exact) mass is 388 g/mol. The second-order valence-electron chi connectivity index (χ2n) is 10.9. The number of carbonyl (C=O) groups excluding carboxylic acids is 2. The van der Waals surface area contributed by atoms with Gasteiger partial charge >= 0.3 is 0 Å². The van der Waals surface area contributed by atoms with E-state index in [4.69, 9.17) is 4.74 Å². The van der Waals surface area contributed by atoms with Crippen molar-refractivity contribution >= 4 is 12.1 Å². The van der Waals surface area contributed by atoms with Gasteiger partial charge in [-0.15, -0.1) is 0 Å². The summed E-state index contributed by atoms with van der Waals surface area (Å²) in [5, 5.41) is 0. The first-order valence-corrected chi connectivity index (χ1v) is 12.1. The predicted molar refractivity (Wildman–Crippen MR) is 111 cm³/mol. The summed E-state index contributed by atoms with van der Waals surface area (Å²) in [7, 11) is 0. The molecule has 0 aromatic rings. The van der Waals surface area contributed by atoms with Gasteiger partial charge in [0.05, 0.1) is 6.10 Å². The van der Waals surface area contributed by atoms with Crippen LogP contribution in [0, 0.1) is 34.5 Å². The zero-order valence-electron chi connectivity index (χ0n) is 18.1. The fraction of sp³-hybridized carbons (Fsp3) is 0.920. The Morgan fingerprint density at radius 1 is 0.964 bits per heavy atom. The van der Waals surface area contributed by atoms with Crippen molar-refractivity contribution in [1.29, 1.82) is 0 Å². The molecule has 3 heteroatoms. The maximum Gasteiger partial charge on any atom is 0.133 e. The van der Waals surface area contributed by atoms with Crippen molar-refractivity contribution in [3.05, 3.63) is 0 Å². The summed E-state index contributed by atoms with van der Waals surface area (Å²) in [5.74, 6) is 3.68. The number of hydrogen-bond acceptors (Lipinski definition) is 3. The molecule has 4 saturated carbocycles. The van der Waals surface area contributed by atoms with Gasteiger partial charge in [-0.05, 0) is 92.3 Å². The summed E-state index contributed by atoms with van der Waals surface area (Å²) in [6.07, 6.45) is 16.0. The number of fused-ring (bicyclic) bond motifs is 5. The smallest absolute Gasteiger partial charge is 0.133 e. The third kappa shape index (κ3) is 3.50. The fourth-order valence-corrected chi connectivity index (χ4v) is 8.00. The normalized spacial score (nSPS) is 45.2. The second kappa shape index (κ2) is 8.20.